The summed E-state index contributed by atoms with van der Waals surface area (Å²) < 4.78 is 18.1. The third-order valence-corrected chi connectivity index (χ3v) is 3.39. The average molecular weight is 255 g/mol. The number of carbonyl (C=O) groups is 2. The second kappa shape index (κ2) is 4.75. The second-order valence-electron chi connectivity index (χ2n) is 3.47. The van der Waals surface area contributed by atoms with Gasteiger partial charge in [0.1, 0.15) is 5.82 Å². The first-order chi connectivity index (χ1) is 8.11. The number of anilines is 1. The number of hydrogen-bond donors (Lipinski definition) is 1. The zero-order valence-electron chi connectivity index (χ0n) is 9.08. The van der Waals surface area contributed by atoms with E-state index in [1.165, 1.54) is 31.0 Å². The molecule has 6 heteroatoms. The largest absolute Gasteiger partial charge is 0.465 e. The van der Waals surface area contributed by atoms with Gasteiger partial charge >= 0.3 is 5.97 Å². The Morgan fingerprint density at radius 2 is 2.29 bits per heavy atom. The van der Waals surface area contributed by atoms with E-state index in [1.807, 2.05) is 0 Å². The fourth-order valence-electron chi connectivity index (χ4n) is 1.50. The van der Waals surface area contributed by atoms with Crippen molar-refractivity contribution < 1.29 is 18.7 Å². The smallest absolute Gasteiger partial charge is 0.340 e. The number of ether oxygens (including phenoxy) is 1. The van der Waals surface area contributed by atoms with Crippen LogP contribution in [0, 0.1) is 5.82 Å². The molecule has 1 aliphatic heterocycles. The van der Waals surface area contributed by atoms with E-state index in [1.54, 1.807) is 0 Å². The molecule has 1 amide bonds. The molecule has 0 saturated carbocycles. The monoisotopic (exact) mass is 255 g/mol. The maximum absolute atomic E-state index is 13.6. The zero-order valence-corrected chi connectivity index (χ0v) is 9.90. The van der Waals surface area contributed by atoms with Gasteiger partial charge in [-0.2, -0.15) is 0 Å². The molecule has 4 nitrogen and oxygen atoms in total. The van der Waals surface area contributed by atoms with Gasteiger partial charge in [0.15, 0.2) is 0 Å². The number of esters is 1. The topological polar surface area (TPSA) is 55.4 Å². The Bertz CT molecular complexity index is 490. The van der Waals surface area contributed by atoms with Gasteiger partial charge in [-0.05, 0) is 12.1 Å². The first-order valence-corrected chi connectivity index (χ1v) is 5.95. The highest BCUT2D eigenvalue weighted by atomic mass is 32.2. The van der Waals surface area contributed by atoms with Crippen molar-refractivity contribution >= 4 is 29.3 Å². The lowest BCUT2D eigenvalue weighted by Gasteiger charge is -2.09. The number of rotatable bonds is 1. The minimum atomic E-state index is -0.756. The van der Waals surface area contributed by atoms with Crippen LogP contribution in [0.4, 0.5) is 10.1 Å². The molecule has 90 valence electrons. The van der Waals surface area contributed by atoms with Crippen molar-refractivity contribution in [3.63, 3.8) is 0 Å². The van der Waals surface area contributed by atoms with Crippen LogP contribution in [-0.2, 0) is 9.53 Å². The van der Waals surface area contributed by atoms with Crippen molar-refractivity contribution in [2.75, 3.05) is 18.2 Å². The quantitative estimate of drug-likeness (QED) is 0.780. The lowest BCUT2D eigenvalue weighted by molar-refractivity contribution is -0.115. The highest BCUT2D eigenvalue weighted by Crippen LogP contribution is 2.33. The van der Waals surface area contributed by atoms with Crippen LogP contribution in [0.3, 0.4) is 0 Å². The number of halogens is 1. The summed E-state index contributed by atoms with van der Waals surface area (Å²) >= 11 is 1.38. The molecular weight excluding hydrogens is 245 g/mol. The highest BCUT2D eigenvalue weighted by Gasteiger charge is 2.19. The minimum absolute atomic E-state index is 0.140. The fraction of sp³-hybridized carbons (Fsp3) is 0.273. The van der Waals surface area contributed by atoms with E-state index in [4.69, 9.17) is 0 Å². The minimum Gasteiger partial charge on any atom is -0.465 e. The normalized spacial score (nSPS) is 14.6. The Balaban J connectivity index is 2.46. The molecule has 17 heavy (non-hydrogen) atoms. The number of fused-ring (bicyclic) bond motifs is 1. The summed E-state index contributed by atoms with van der Waals surface area (Å²) in [5, 5.41) is 2.63. The van der Waals surface area contributed by atoms with E-state index in [-0.39, 0.29) is 11.5 Å². The van der Waals surface area contributed by atoms with Gasteiger partial charge in [-0.1, -0.05) is 0 Å². The first kappa shape index (κ1) is 11.9. The molecule has 0 atom stereocenters. The number of thioether (sulfide) groups is 1. The van der Waals surface area contributed by atoms with Crippen molar-refractivity contribution in [3.8, 4) is 0 Å². The lowest BCUT2D eigenvalue weighted by atomic mass is 10.2. The van der Waals surface area contributed by atoms with Crippen molar-refractivity contribution in [1.29, 1.82) is 0 Å². The molecule has 0 bridgehead atoms. The summed E-state index contributed by atoms with van der Waals surface area (Å²) in [7, 11) is 1.18. The summed E-state index contributed by atoms with van der Waals surface area (Å²) in [5.41, 5.74) is 0.286. The molecule has 0 radical (unpaired) electrons. The molecule has 1 N–H and O–H groups in total. The number of carbonyl (C=O) groups excluding carboxylic acids is 2. The molecule has 0 spiro atoms. The number of methoxy groups -OCH3 is 1. The van der Waals surface area contributed by atoms with Crippen LogP contribution in [0.25, 0.3) is 0 Å². The molecule has 1 aromatic rings. The molecule has 0 fully saturated rings. The van der Waals surface area contributed by atoms with Gasteiger partial charge in [0.25, 0.3) is 0 Å². The van der Waals surface area contributed by atoms with Gasteiger partial charge in [-0.3, -0.25) is 4.79 Å². The Morgan fingerprint density at radius 1 is 1.53 bits per heavy atom. The second-order valence-corrected chi connectivity index (χ2v) is 4.60. The van der Waals surface area contributed by atoms with Gasteiger partial charge in [-0.15, -0.1) is 11.8 Å². The summed E-state index contributed by atoms with van der Waals surface area (Å²) in [4.78, 5) is 23.3. The molecule has 0 unspecified atom stereocenters. The summed E-state index contributed by atoms with van der Waals surface area (Å²) in [5.74, 6) is -0.942. The van der Waals surface area contributed by atoms with Crippen LogP contribution in [0.15, 0.2) is 17.0 Å². The van der Waals surface area contributed by atoms with Crippen LogP contribution >= 0.6 is 11.8 Å². The number of amides is 1. The van der Waals surface area contributed by atoms with Gasteiger partial charge in [0.2, 0.25) is 5.91 Å². The van der Waals surface area contributed by atoms with Gasteiger partial charge in [0.05, 0.1) is 18.4 Å². The predicted molar refractivity (Wildman–Crippen MR) is 61.7 cm³/mol. The van der Waals surface area contributed by atoms with Crippen molar-refractivity contribution in [1.82, 2.24) is 0 Å². The highest BCUT2D eigenvalue weighted by molar-refractivity contribution is 7.99. The molecule has 0 aromatic heterocycles. The van der Waals surface area contributed by atoms with Crippen LogP contribution in [0.1, 0.15) is 16.8 Å². The Kier molecular flexibility index (Phi) is 3.33. The van der Waals surface area contributed by atoms with E-state index in [9.17, 15) is 14.0 Å². The maximum Gasteiger partial charge on any atom is 0.340 e. The first-order valence-electron chi connectivity index (χ1n) is 4.96. The number of benzene rings is 1. The Labute approximate surface area is 102 Å². The third-order valence-electron chi connectivity index (χ3n) is 2.34. The van der Waals surface area contributed by atoms with E-state index in [0.717, 1.165) is 0 Å². The molecule has 1 aliphatic rings. The standard InChI is InChI=1S/C11H10FNO3S/c1-16-11(15)6-4-8-9(5-7(6)12)17-3-2-10(14)13-8/h4-5H,2-3H2,1H3,(H,13,14). The molecular formula is C11H10FNO3S. The van der Waals surface area contributed by atoms with Gasteiger partial charge < -0.3 is 10.1 Å². The Morgan fingerprint density at radius 3 is 3.00 bits per heavy atom. The third kappa shape index (κ3) is 2.41. The van der Waals surface area contributed by atoms with Gasteiger partial charge in [-0.25, -0.2) is 9.18 Å². The maximum atomic E-state index is 13.6. The summed E-state index contributed by atoms with van der Waals surface area (Å²) in [6.07, 6.45) is 0.370. The van der Waals surface area contributed by atoms with Crippen LogP contribution in [-0.4, -0.2) is 24.7 Å². The lowest BCUT2D eigenvalue weighted by Crippen LogP contribution is -2.12. The van der Waals surface area contributed by atoms with Crippen LogP contribution in [0.2, 0.25) is 0 Å². The molecule has 1 heterocycles. The molecule has 1 aromatic carbocycles. The number of nitrogens with one attached hydrogen (secondary N) is 1. The summed E-state index contributed by atoms with van der Waals surface area (Å²) in [6, 6.07) is 2.56. The fourth-order valence-corrected chi connectivity index (χ4v) is 2.46. The van der Waals surface area contributed by atoms with E-state index >= 15 is 0 Å². The van der Waals surface area contributed by atoms with E-state index < -0.39 is 11.8 Å². The van der Waals surface area contributed by atoms with Gasteiger partial charge in [0, 0.05) is 17.1 Å². The molecule has 0 saturated heterocycles. The van der Waals surface area contributed by atoms with E-state index in [0.29, 0.717) is 22.8 Å². The summed E-state index contributed by atoms with van der Waals surface area (Å²) in [6.45, 7) is 0. The van der Waals surface area contributed by atoms with Crippen LogP contribution < -0.4 is 5.32 Å². The van der Waals surface area contributed by atoms with Crippen molar-refractivity contribution in [2.24, 2.45) is 0 Å². The zero-order chi connectivity index (χ0) is 12.4. The number of hydrogen-bond acceptors (Lipinski definition) is 4. The Hall–Kier alpha value is -1.56. The molecule has 0 aliphatic carbocycles. The van der Waals surface area contributed by atoms with Crippen molar-refractivity contribution in [3.05, 3.63) is 23.5 Å². The van der Waals surface area contributed by atoms with Crippen LogP contribution in [0.5, 0.6) is 0 Å². The molecule has 2 rings (SSSR count). The predicted octanol–water partition coefficient (Wildman–Crippen LogP) is 2.05. The van der Waals surface area contributed by atoms with Crippen molar-refractivity contribution in [2.45, 2.75) is 11.3 Å². The van der Waals surface area contributed by atoms with E-state index in [2.05, 4.69) is 10.1 Å². The average Bonchev–Trinajstić information content (AvgIpc) is 2.48. The SMILES string of the molecule is COC(=O)c1cc2c(cc1F)SCCC(=O)N2.